The lowest BCUT2D eigenvalue weighted by Gasteiger charge is -2.08. The van der Waals surface area contributed by atoms with Gasteiger partial charge >= 0.3 is 0 Å². The van der Waals surface area contributed by atoms with Crippen molar-refractivity contribution in [2.75, 3.05) is 5.73 Å². The van der Waals surface area contributed by atoms with E-state index in [4.69, 9.17) is 5.73 Å². The highest BCUT2D eigenvalue weighted by Crippen LogP contribution is 2.26. The van der Waals surface area contributed by atoms with Crippen LogP contribution in [0.1, 0.15) is 13.8 Å². The molecule has 0 saturated carbocycles. The molecule has 5 heteroatoms. The minimum Gasteiger partial charge on any atom is -0.383 e. The standard InChI is InChI=1S/C13H15F2N3/c1-8(2)6-18-7-17-12(13(18)16)9-3-10(14)5-11(15)4-9/h3-5,7-8H,6,16H2,1-2H3. The third-order valence-electron chi connectivity index (χ3n) is 2.58. The predicted octanol–water partition coefficient (Wildman–Crippen LogP) is 3.07. The number of hydrogen-bond donors (Lipinski definition) is 1. The maximum absolute atomic E-state index is 13.1. The fourth-order valence-corrected chi connectivity index (χ4v) is 1.84. The summed E-state index contributed by atoms with van der Waals surface area (Å²) in [4.78, 5) is 4.13. The van der Waals surface area contributed by atoms with Crippen LogP contribution in [-0.2, 0) is 6.54 Å². The summed E-state index contributed by atoms with van der Waals surface area (Å²) >= 11 is 0. The molecule has 3 nitrogen and oxygen atoms in total. The van der Waals surface area contributed by atoms with Crippen molar-refractivity contribution in [2.45, 2.75) is 20.4 Å². The molecule has 18 heavy (non-hydrogen) atoms. The van der Waals surface area contributed by atoms with Crippen molar-refractivity contribution in [3.63, 3.8) is 0 Å². The Balaban J connectivity index is 2.42. The van der Waals surface area contributed by atoms with Gasteiger partial charge in [-0.1, -0.05) is 13.8 Å². The average molecular weight is 251 g/mol. The van der Waals surface area contributed by atoms with Gasteiger partial charge in [0, 0.05) is 18.2 Å². The van der Waals surface area contributed by atoms with Crippen LogP contribution in [0.15, 0.2) is 24.5 Å². The van der Waals surface area contributed by atoms with Gasteiger partial charge in [-0.05, 0) is 18.1 Å². The Bertz CT molecular complexity index is 541. The lowest BCUT2D eigenvalue weighted by molar-refractivity contribution is 0.527. The van der Waals surface area contributed by atoms with Gasteiger partial charge in [0.2, 0.25) is 0 Å². The van der Waals surface area contributed by atoms with Gasteiger partial charge in [-0.25, -0.2) is 13.8 Å². The van der Waals surface area contributed by atoms with Gasteiger partial charge in [0.15, 0.2) is 0 Å². The topological polar surface area (TPSA) is 43.8 Å². The highest BCUT2D eigenvalue weighted by molar-refractivity contribution is 5.70. The first-order valence-electron chi connectivity index (χ1n) is 5.74. The normalized spacial score (nSPS) is 11.2. The van der Waals surface area contributed by atoms with Gasteiger partial charge in [0.05, 0.1) is 6.33 Å². The van der Waals surface area contributed by atoms with Gasteiger partial charge in [0.1, 0.15) is 23.1 Å². The van der Waals surface area contributed by atoms with Crippen LogP contribution in [0, 0.1) is 17.6 Å². The number of halogens is 2. The first-order valence-corrected chi connectivity index (χ1v) is 5.74. The molecule has 0 unspecified atom stereocenters. The van der Waals surface area contributed by atoms with Crippen LogP contribution in [0.2, 0.25) is 0 Å². The first-order chi connectivity index (χ1) is 8.47. The molecule has 0 atom stereocenters. The molecule has 0 saturated heterocycles. The second-order valence-electron chi connectivity index (χ2n) is 4.68. The molecule has 1 aromatic heterocycles. The van der Waals surface area contributed by atoms with Crippen molar-refractivity contribution in [2.24, 2.45) is 5.92 Å². The molecule has 0 radical (unpaired) electrons. The number of imidazole rings is 1. The molecule has 1 heterocycles. The summed E-state index contributed by atoms with van der Waals surface area (Å²) in [6.45, 7) is 4.83. The van der Waals surface area contributed by atoms with Crippen LogP contribution in [-0.4, -0.2) is 9.55 Å². The minimum atomic E-state index is -0.636. The molecule has 0 fully saturated rings. The molecule has 0 spiro atoms. The van der Waals surface area contributed by atoms with Gasteiger partial charge in [-0.2, -0.15) is 0 Å². The zero-order chi connectivity index (χ0) is 13.3. The van der Waals surface area contributed by atoms with Crippen molar-refractivity contribution in [1.29, 1.82) is 0 Å². The molecular formula is C13H15F2N3. The third-order valence-corrected chi connectivity index (χ3v) is 2.58. The molecule has 96 valence electrons. The summed E-state index contributed by atoms with van der Waals surface area (Å²) in [6, 6.07) is 3.27. The van der Waals surface area contributed by atoms with Gasteiger partial charge < -0.3 is 10.3 Å². The van der Waals surface area contributed by atoms with E-state index in [1.165, 1.54) is 12.1 Å². The summed E-state index contributed by atoms with van der Waals surface area (Å²) in [7, 11) is 0. The summed E-state index contributed by atoms with van der Waals surface area (Å²) in [5.41, 5.74) is 6.70. The molecule has 0 aliphatic heterocycles. The molecule has 2 rings (SSSR count). The molecule has 0 amide bonds. The van der Waals surface area contributed by atoms with E-state index >= 15 is 0 Å². The van der Waals surface area contributed by atoms with Crippen LogP contribution in [0.25, 0.3) is 11.3 Å². The summed E-state index contributed by atoms with van der Waals surface area (Å²) < 4.78 is 28.1. The van der Waals surface area contributed by atoms with Crippen LogP contribution in [0.3, 0.4) is 0 Å². The summed E-state index contributed by atoms with van der Waals surface area (Å²) in [5.74, 6) is -0.432. The quantitative estimate of drug-likeness (QED) is 0.911. The highest BCUT2D eigenvalue weighted by atomic mass is 19.1. The number of nitrogen functional groups attached to an aromatic ring is 1. The molecular weight excluding hydrogens is 236 g/mol. The van der Waals surface area contributed by atoms with E-state index in [0.717, 1.165) is 12.6 Å². The third kappa shape index (κ3) is 2.50. The summed E-state index contributed by atoms with van der Waals surface area (Å²) in [6.07, 6.45) is 1.59. The molecule has 1 aromatic carbocycles. The van der Waals surface area contributed by atoms with Crippen molar-refractivity contribution in [3.05, 3.63) is 36.2 Å². The smallest absolute Gasteiger partial charge is 0.131 e. The van der Waals surface area contributed by atoms with E-state index in [1.54, 1.807) is 10.9 Å². The second-order valence-corrected chi connectivity index (χ2v) is 4.68. The molecule has 0 aliphatic rings. The van der Waals surface area contributed by atoms with E-state index in [2.05, 4.69) is 18.8 Å². The van der Waals surface area contributed by atoms with Gasteiger partial charge in [-0.15, -0.1) is 0 Å². The Kier molecular flexibility index (Phi) is 3.32. The maximum Gasteiger partial charge on any atom is 0.131 e. The number of aromatic nitrogens is 2. The van der Waals surface area contributed by atoms with E-state index in [1.807, 2.05) is 0 Å². The molecule has 2 aromatic rings. The van der Waals surface area contributed by atoms with Crippen molar-refractivity contribution in [3.8, 4) is 11.3 Å². The molecule has 0 aliphatic carbocycles. The Morgan fingerprint density at radius 2 is 1.83 bits per heavy atom. The predicted molar refractivity (Wildman–Crippen MR) is 66.8 cm³/mol. The Morgan fingerprint density at radius 3 is 2.39 bits per heavy atom. The fraction of sp³-hybridized carbons (Fsp3) is 0.308. The Hall–Kier alpha value is -1.91. The lowest BCUT2D eigenvalue weighted by atomic mass is 10.1. The zero-order valence-electron chi connectivity index (χ0n) is 10.3. The molecule has 0 bridgehead atoms. The van der Waals surface area contributed by atoms with Gasteiger partial charge in [-0.3, -0.25) is 0 Å². The van der Waals surface area contributed by atoms with E-state index in [0.29, 0.717) is 23.0 Å². The van der Waals surface area contributed by atoms with E-state index in [-0.39, 0.29) is 0 Å². The number of rotatable bonds is 3. The van der Waals surface area contributed by atoms with Crippen molar-refractivity contribution < 1.29 is 8.78 Å². The van der Waals surface area contributed by atoms with Crippen LogP contribution in [0.5, 0.6) is 0 Å². The molecule has 2 N–H and O–H groups in total. The minimum absolute atomic E-state index is 0.354. The second kappa shape index (κ2) is 4.76. The highest BCUT2D eigenvalue weighted by Gasteiger charge is 2.12. The maximum atomic E-state index is 13.1. The van der Waals surface area contributed by atoms with Gasteiger partial charge in [0.25, 0.3) is 0 Å². The number of hydrogen-bond acceptors (Lipinski definition) is 2. The zero-order valence-corrected chi connectivity index (χ0v) is 10.3. The largest absolute Gasteiger partial charge is 0.383 e. The number of nitrogens with two attached hydrogens (primary N) is 1. The fourth-order valence-electron chi connectivity index (χ4n) is 1.84. The van der Waals surface area contributed by atoms with Crippen LogP contribution in [0.4, 0.5) is 14.6 Å². The SMILES string of the molecule is CC(C)Cn1cnc(-c2cc(F)cc(F)c2)c1N. The van der Waals surface area contributed by atoms with E-state index < -0.39 is 11.6 Å². The lowest BCUT2D eigenvalue weighted by Crippen LogP contribution is -2.06. The summed E-state index contributed by atoms with van der Waals surface area (Å²) in [5, 5.41) is 0. The Morgan fingerprint density at radius 1 is 1.22 bits per heavy atom. The van der Waals surface area contributed by atoms with Crippen LogP contribution < -0.4 is 5.73 Å². The monoisotopic (exact) mass is 251 g/mol. The average Bonchev–Trinajstić information content (AvgIpc) is 2.58. The van der Waals surface area contributed by atoms with Crippen molar-refractivity contribution >= 4 is 5.82 Å². The van der Waals surface area contributed by atoms with Crippen LogP contribution >= 0.6 is 0 Å². The first kappa shape index (κ1) is 12.5. The number of nitrogens with zero attached hydrogens (tertiary/aromatic N) is 2. The Labute approximate surface area is 104 Å². The number of anilines is 1. The number of benzene rings is 1. The van der Waals surface area contributed by atoms with Crippen molar-refractivity contribution in [1.82, 2.24) is 9.55 Å². The van der Waals surface area contributed by atoms with E-state index in [9.17, 15) is 8.78 Å².